The average molecular weight is 357 g/mol. The first kappa shape index (κ1) is 15.7. The van der Waals surface area contributed by atoms with Crippen LogP contribution in [-0.2, 0) is 11.8 Å². The second-order valence-electron chi connectivity index (χ2n) is 9.23. The summed E-state index contributed by atoms with van der Waals surface area (Å²) in [4.78, 5) is 2.57. The molecule has 0 radical (unpaired) electrons. The first-order valence-electron chi connectivity index (χ1n) is 10.2. The maximum absolute atomic E-state index is 12.1. The van der Waals surface area contributed by atoms with Gasteiger partial charge in [-0.2, -0.15) is 0 Å². The number of benzene rings is 1. The van der Waals surface area contributed by atoms with E-state index in [4.69, 9.17) is 4.74 Å². The minimum Gasteiger partial charge on any atom is -0.504 e. The third-order valence-corrected chi connectivity index (χ3v) is 8.37. The van der Waals surface area contributed by atoms with Crippen molar-refractivity contribution in [1.82, 2.24) is 4.90 Å². The van der Waals surface area contributed by atoms with E-state index in [9.17, 15) is 15.3 Å². The molecule has 1 aromatic rings. The molecule has 1 aromatic carbocycles. The van der Waals surface area contributed by atoms with E-state index in [0.29, 0.717) is 24.6 Å². The Balaban J connectivity index is 1.62. The molecule has 1 saturated heterocycles. The second kappa shape index (κ2) is 4.75. The second-order valence-corrected chi connectivity index (χ2v) is 9.23. The van der Waals surface area contributed by atoms with E-state index >= 15 is 0 Å². The lowest BCUT2D eigenvalue weighted by Crippen LogP contribution is -2.78. The van der Waals surface area contributed by atoms with E-state index in [1.54, 1.807) is 6.07 Å². The minimum absolute atomic E-state index is 0.0850. The summed E-state index contributed by atoms with van der Waals surface area (Å²) in [5, 5.41) is 33.4. The smallest absolute Gasteiger partial charge is 0.165 e. The van der Waals surface area contributed by atoms with E-state index in [-0.39, 0.29) is 11.8 Å². The monoisotopic (exact) mass is 357 g/mol. The topological polar surface area (TPSA) is 73.2 Å². The Morgan fingerprint density at radius 1 is 1.23 bits per heavy atom. The molecule has 3 fully saturated rings. The highest BCUT2D eigenvalue weighted by atomic mass is 16.5. The van der Waals surface area contributed by atoms with Crippen molar-refractivity contribution in [2.24, 2.45) is 0 Å². The van der Waals surface area contributed by atoms with Crippen molar-refractivity contribution in [1.29, 1.82) is 0 Å². The molecule has 5 nitrogen and oxygen atoms in total. The van der Waals surface area contributed by atoms with Crippen LogP contribution in [0.25, 0.3) is 0 Å². The van der Waals surface area contributed by atoms with Crippen LogP contribution in [0.4, 0.5) is 0 Å². The minimum atomic E-state index is -0.886. The summed E-state index contributed by atoms with van der Waals surface area (Å²) < 4.78 is 6.20. The van der Waals surface area contributed by atoms with Crippen molar-refractivity contribution in [3.63, 3.8) is 0 Å². The molecule has 6 rings (SSSR count). The van der Waals surface area contributed by atoms with Crippen LogP contribution < -0.4 is 4.74 Å². The first-order valence-corrected chi connectivity index (χ1v) is 10.2. The Labute approximate surface area is 153 Å². The fourth-order valence-electron chi connectivity index (χ4n) is 6.97. The number of piperidine rings is 1. The molecule has 140 valence electrons. The largest absolute Gasteiger partial charge is 0.504 e. The van der Waals surface area contributed by atoms with Crippen LogP contribution in [0.2, 0.25) is 0 Å². The van der Waals surface area contributed by atoms with Gasteiger partial charge in [-0.25, -0.2) is 0 Å². The van der Waals surface area contributed by atoms with Crippen LogP contribution in [-0.4, -0.2) is 56.7 Å². The highest BCUT2D eigenvalue weighted by Gasteiger charge is 2.73. The van der Waals surface area contributed by atoms with E-state index in [0.717, 1.165) is 30.5 Å². The summed E-state index contributed by atoms with van der Waals surface area (Å²) in [6.07, 6.45) is 5.48. The molecule has 2 bridgehead atoms. The molecule has 5 heteroatoms. The van der Waals surface area contributed by atoms with E-state index in [1.165, 1.54) is 24.8 Å². The van der Waals surface area contributed by atoms with Crippen molar-refractivity contribution in [2.45, 2.75) is 87.2 Å². The van der Waals surface area contributed by atoms with Gasteiger partial charge in [-0.05, 0) is 69.2 Å². The van der Waals surface area contributed by atoms with E-state index < -0.39 is 23.2 Å². The Morgan fingerprint density at radius 3 is 2.77 bits per heavy atom. The number of phenols is 1. The molecule has 2 aliphatic heterocycles. The normalized spacial score (nSPS) is 43.6. The number of aromatic hydroxyl groups is 1. The lowest BCUT2D eigenvalue weighted by Gasteiger charge is -2.65. The number of aliphatic hydroxyl groups is 2. The number of likely N-dealkylation sites (tertiary alicyclic amines) is 1. The van der Waals surface area contributed by atoms with Gasteiger partial charge >= 0.3 is 0 Å². The third-order valence-electron chi connectivity index (χ3n) is 8.37. The summed E-state index contributed by atoms with van der Waals surface area (Å²) in [6, 6.07) is 2.47. The van der Waals surface area contributed by atoms with Gasteiger partial charge in [0, 0.05) is 17.6 Å². The molecule has 26 heavy (non-hydrogen) atoms. The van der Waals surface area contributed by atoms with Gasteiger partial charge in [0.15, 0.2) is 11.5 Å². The Bertz CT molecular complexity index is 806. The molecule has 5 aliphatic rings. The Hall–Kier alpha value is -1.30. The molecular formula is C21H27NO4. The van der Waals surface area contributed by atoms with Gasteiger partial charge in [0.2, 0.25) is 0 Å². The fraction of sp³-hybridized carbons (Fsp3) is 0.714. The number of hydrogen-bond acceptors (Lipinski definition) is 5. The van der Waals surface area contributed by atoms with Gasteiger partial charge in [-0.1, -0.05) is 6.42 Å². The highest BCUT2D eigenvalue weighted by Crippen LogP contribution is 2.66. The summed E-state index contributed by atoms with van der Waals surface area (Å²) in [7, 11) is 0. The number of rotatable bonds is 1. The standard InChI is InChI=1S/C21H27NO4/c1-11-9-15(24)18-17-13(11)10-16-21(25)6-5-14(23)19(26-18)20(17,21)7-8-22(16)12-3-2-4-12/h9,12,14,16,19,23-25H,2-8,10H2,1H3/t14-,16+,19-,20-,21+/m0/s1. The van der Waals surface area contributed by atoms with Crippen molar-refractivity contribution >= 4 is 0 Å². The maximum Gasteiger partial charge on any atom is 0.165 e. The van der Waals surface area contributed by atoms with Gasteiger partial charge in [0.1, 0.15) is 6.10 Å². The van der Waals surface area contributed by atoms with Crippen molar-refractivity contribution < 1.29 is 20.1 Å². The third kappa shape index (κ3) is 1.53. The van der Waals surface area contributed by atoms with Crippen LogP contribution in [0.5, 0.6) is 11.5 Å². The first-order chi connectivity index (χ1) is 12.5. The van der Waals surface area contributed by atoms with E-state index in [2.05, 4.69) is 4.90 Å². The lowest BCUT2D eigenvalue weighted by molar-refractivity contribution is -0.216. The van der Waals surface area contributed by atoms with Gasteiger partial charge in [0.25, 0.3) is 0 Å². The van der Waals surface area contributed by atoms with Crippen LogP contribution >= 0.6 is 0 Å². The molecule has 3 aliphatic carbocycles. The summed E-state index contributed by atoms with van der Waals surface area (Å²) >= 11 is 0. The van der Waals surface area contributed by atoms with Gasteiger partial charge < -0.3 is 20.1 Å². The molecule has 0 aromatic heterocycles. The highest BCUT2D eigenvalue weighted by molar-refractivity contribution is 5.64. The number of nitrogens with zero attached hydrogens (tertiary/aromatic N) is 1. The van der Waals surface area contributed by atoms with Gasteiger partial charge in [-0.15, -0.1) is 0 Å². The fourth-order valence-corrected chi connectivity index (χ4v) is 6.97. The summed E-state index contributed by atoms with van der Waals surface area (Å²) in [6.45, 7) is 2.99. The van der Waals surface area contributed by atoms with Crippen LogP contribution in [0.1, 0.15) is 55.2 Å². The molecular weight excluding hydrogens is 330 g/mol. The molecule has 2 saturated carbocycles. The van der Waals surface area contributed by atoms with Crippen LogP contribution in [0.3, 0.4) is 0 Å². The zero-order valence-electron chi connectivity index (χ0n) is 15.2. The Morgan fingerprint density at radius 2 is 2.04 bits per heavy atom. The maximum atomic E-state index is 12.1. The summed E-state index contributed by atoms with van der Waals surface area (Å²) in [5.74, 6) is 0.671. The zero-order valence-corrected chi connectivity index (χ0v) is 15.2. The van der Waals surface area contributed by atoms with Crippen molar-refractivity contribution in [3.05, 3.63) is 22.8 Å². The number of ether oxygens (including phenoxy) is 1. The van der Waals surface area contributed by atoms with Crippen LogP contribution in [0, 0.1) is 6.92 Å². The number of aryl methyl sites for hydroxylation is 1. The predicted octanol–water partition coefficient (Wildman–Crippen LogP) is 1.77. The van der Waals surface area contributed by atoms with Crippen molar-refractivity contribution in [3.8, 4) is 11.5 Å². The molecule has 0 amide bonds. The molecule has 0 unspecified atom stereocenters. The summed E-state index contributed by atoms with van der Waals surface area (Å²) in [5.41, 5.74) is 1.84. The lowest BCUT2D eigenvalue weighted by atomic mass is 9.48. The number of aliphatic hydroxyl groups excluding tert-OH is 1. The quantitative estimate of drug-likeness (QED) is 0.714. The molecule has 1 spiro atoms. The number of phenolic OH excluding ortho intramolecular Hbond substituents is 1. The van der Waals surface area contributed by atoms with Gasteiger partial charge in [-0.3, -0.25) is 4.90 Å². The molecule has 5 atom stereocenters. The van der Waals surface area contributed by atoms with Gasteiger partial charge in [0.05, 0.1) is 17.1 Å². The van der Waals surface area contributed by atoms with E-state index in [1.807, 2.05) is 6.92 Å². The van der Waals surface area contributed by atoms with Crippen molar-refractivity contribution in [2.75, 3.05) is 6.54 Å². The predicted molar refractivity (Wildman–Crippen MR) is 95.6 cm³/mol. The molecule has 3 N–H and O–H groups in total. The van der Waals surface area contributed by atoms with Crippen LogP contribution in [0.15, 0.2) is 6.07 Å². The zero-order chi connectivity index (χ0) is 17.8. The average Bonchev–Trinajstić information content (AvgIpc) is 2.89. The molecule has 2 heterocycles. The number of hydrogen-bond donors (Lipinski definition) is 3. The Kier molecular flexibility index (Phi) is 2.87. The SMILES string of the molecule is Cc1cc(O)c2c3c1C[C@H]1N(C4CCC4)CC[C@@]34[C@@H](O2)[C@@H](O)CC[C@@]14O.